The van der Waals surface area contributed by atoms with E-state index in [1.807, 2.05) is 6.92 Å². The van der Waals surface area contributed by atoms with Crippen LogP contribution in [-0.2, 0) is 4.79 Å². The number of nitro benzene ring substituents is 1. The molecule has 2 aromatic rings. The summed E-state index contributed by atoms with van der Waals surface area (Å²) >= 11 is 0. The molecular formula is C19H20N4O3. The first-order valence-electron chi connectivity index (χ1n) is 8.32. The molecule has 0 spiro atoms. The number of aryl methyl sites for hydroxylation is 1. The highest BCUT2D eigenvalue weighted by atomic mass is 16.6. The van der Waals surface area contributed by atoms with Crippen molar-refractivity contribution in [1.29, 1.82) is 0 Å². The molecule has 3 rings (SSSR count). The third kappa shape index (κ3) is 4.53. The van der Waals surface area contributed by atoms with Crippen molar-refractivity contribution < 1.29 is 9.72 Å². The maximum atomic E-state index is 12.1. The van der Waals surface area contributed by atoms with Crippen molar-refractivity contribution in [3.63, 3.8) is 0 Å². The number of nitrogens with one attached hydrogen (secondary N) is 3. The van der Waals surface area contributed by atoms with Gasteiger partial charge in [0.15, 0.2) is 0 Å². The van der Waals surface area contributed by atoms with Gasteiger partial charge in [0.25, 0.3) is 5.69 Å². The lowest BCUT2D eigenvalue weighted by Gasteiger charge is -2.10. The molecule has 7 heteroatoms. The van der Waals surface area contributed by atoms with Crippen LogP contribution in [0.15, 0.2) is 54.6 Å². The molecule has 1 heterocycles. The van der Waals surface area contributed by atoms with Crippen LogP contribution in [0.3, 0.4) is 0 Å². The fourth-order valence-corrected chi connectivity index (χ4v) is 2.77. The Morgan fingerprint density at radius 1 is 1.15 bits per heavy atom. The van der Waals surface area contributed by atoms with E-state index in [1.165, 1.54) is 29.3 Å². The van der Waals surface area contributed by atoms with Gasteiger partial charge >= 0.3 is 0 Å². The molecule has 1 aliphatic heterocycles. The highest BCUT2D eigenvalue weighted by molar-refractivity contribution is 5.91. The van der Waals surface area contributed by atoms with E-state index < -0.39 is 4.92 Å². The Morgan fingerprint density at radius 2 is 1.85 bits per heavy atom. The molecule has 2 unspecified atom stereocenters. The number of benzene rings is 2. The molecule has 1 amide bonds. The topological polar surface area (TPSA) is 96.3 Å². The van der Waals surface area contributed by atoms with E-state index in [-0.39, 0.29) is 23.8 Å². The Morgan fingerprint density at radius 3 is 2.50 bits per heavy atom. The first kappa shape index (κ1) is 17.8. The van der Waals surface area contributed by atoms with Crippen LogP contribution in [0, 0.1) is 17.0 Å². The molecule has 0 bridgehead atoms. The van der Waals surface area contributed by atoms with E-state index in [0.29, 0.717) is 0 Å². The van der Waals surface area contributed by atoms with Gasteiger partial charge in [-0.15, -0.1) is 0 Å². The third-order valence-electron chi connectivity index (χ3n) is 4.23. The summed E-state index contributed by atoms with van der Waals surface area (Å²) in [6.07, 6.45) is 3.61. The summed E-state index contributed by atoms with van der Waals surface area (Å²) in [6, 6.07) is 14.4. The number of nitrogens with zero attached hydrogens (tertiary/aromatic N) is 1. The zero-order chi connectivity index (χ0) is 18.5. The van der Waals surface area contributed by atoms with E-state index in [1.54, 1.807) is 18.2 Å². The summed E-state index contributed by atoms with van der Waals surface area (Å²) in [5.74, 6) is -0.229. The van der Waals surface area contributed by atoms with Crippen LogP contribution in [0.5, 0.6) is 0 Å². The fraction of sp³-hybridized carbons (Fsp3) is 0.211. The van der Waals surface area contributed by atoms with Gasteiger partial charge in [-0.1, -0.05) is 29.8 Å². The average Bonchev–Trinajstić information content (AvgIpc) is 3.09. The van der Waals surface area contributed by atoms with Gasteiger partial charge in [-0.25, -0.2) is 10.9 Å². The highest BCUT2D eigenvalue weighted by Crippen LogP contribution is 2.21. The molecule has 1 saturated heterocycles. The van der Waals surface area contributed by atoms with Crippen molar-refractivity contribution in [1.82, 2.24) is 16.2 Å². The Labute approximate surface area is 151 Å². The molecule has 0 radical (unpaired) electrons. The number of amides is 1. The van der Waals surface area contributed by atoms with Gasteiger partial charge in [0, 0.05) is 30.7 Å². The fourth-order valence-electron chi connectivity index (χ4n) is 2.77. The molecule has 134 valence electrons. The molecule has 7 nitrogen and oxygen atoms in total. The van der Waals surface area contributed by atoms with Gasteiger partial charge in [0.05, 0.1) is 11.1 Å². The number of carbonyl (C=O) groups is 1. The average molecular weight is 352 g/mol. The molecule has 0 aromatic heterocycles. The van der Waals surface area contributed by atoms with E-state index in [2.05, 4.69) is 40.4 Å². The lowest BCUT2D eigenvalue weighted by atomic mass is 10.0. The third-order valence-corrected chi connectivity index (χ3v) is 4.23. The number of hydrogen-bond donors (Lipinski definition) is 3. The molecule has 0 aliphatic carbocycles. The van der Waals surface area contributed by atoms with Gasteiger partial charge in [0.2, 0.25) is 5.91 Å². The molecule has 1 fully saturated rings. The molecule has 26 heavy (non-hydrogen) atoms. The van der Waals surface area contributed by atoms with Crippen LogP contribution in [0.2, 0.25) is 0 Å². The van der Waals surface area contributed by atoms with Crippen molar-refractivity contribution >= 4 is 17.7 Å². The van der Waals surface area contributed by atoms with Crippen LogP contribution in [0.25, 0.3) is 6.08 Å². The quantitative estimate of drug-likeness (QED) is 0.437. The van der Waals surface area contributed by atoms with Gasteiger partial charge < -0.3 is 5.32 Å². The highest BCUT2D eigenvalue weighted by Gasteiger charge is 2.25. The van der Waals surface area contributed by atoms with Crippen molar-refractivity contribution in [2.24, 2.45) is 0 Å². The lowest BCUT2D eigenvalue weighted by molar-refractivity contribution is -0.384. The lowest BCUT2D eigenvalue weighted by Crippen LogP contribution is -2.43. The smallest absolute Gasteiger partial charge is 0.269 e. The number of rotatable bonds is 5. The normalized spacial score (nSPS) is 19.6. The molecule has 0 saturated carbocycles. The second kappa shape index (κ2) is 7.90. The predicted molar refractivity (Wildman–Crippen MR) is 98.9 cm³/mol. The van der Waals surface area contributed by atoms with Crippen LogP contribution in [0.4, 0.5) is 5.69 Å². The summed E-state index contributed by atoms with van der Waals surface area (Å²) in [6.45, 7) is 2.05. The number of hydrazine groups is 1. The van der Waals surface area contributed by atoms with Crippen molar-refractivity contribution in [2.75, 3.05) is 0 Å². The minimum Gasteiger partial charge on any atom is -0.336 e. The summed E-state index contributed by atoms with van der Waals surface area (Å²) in [7, 11) is 0. The van der Waals surface area contributed by atoms with Crippen molar-refractivity contribution in [3.05, 3.63) is 81.4 Å². The van der Waals surface area contributed by atoms with E-state index >= 15 is 0 Å². The maximum Gasteiger partial charge on any atom is 0.269 e. The van der Waals surface area contributed by atoms with Crippen LogP contribution >= 0.6 is 0 Å². The second-order valence-corrected chi connectivity index (χ2v) is 6.23. The molecule has 3 N–H and O–H groups in total. The first-order valence-corrected chi connectivity index (χ1v) is 8.32. The summed E-state index contributed by atoms with van der Waals surface area (Å²) in [5, 5.41) is 13.5. The monoisotopic (exact) mass is 352 g/mol. The maximum absolute atomic E-state index is 12.1. The van der Waals surface area contributed by atoms with E-state index in [4.69, 9.17) is 0 Å². The zero-order valence-corrected chi connectivity index (χ0v) is 14.3. The number of hydrogen-bond acceptors (Lipinski definition) is 5. The van der Waals surface area contributed by atoms with Gasteiger partial charge in [-0.2, -0.15) is 0 Å². The second-order valence-electron chi connectivity index (χ2n) is 6.23. The standard InChI is InChI=1S/C19H20N4O3/c1-13-2-7-15(8-3-13)17-12-18(22-21-17)20-19(24)11-6-14-4-9-16(10-5-14)23(25)26/h2-11,17-18,21-22H,12H2,1H3,(H,20,24)/b11-6+. The van der Waals surface area contributed by atoms with Gasteiger partial charge in [0.1, 0.15) is 0 Å². The van der Waals surface area contributed by atoms with Crippen LogP contribution < -0.4 is 16.2 Å². The Hall–Kier alpha value is -3.03. The SMILES string of the molecule is Cc1ccc(C2CC(NC(=O)/C=C/c3ccc([N+](=O)[O-])cc3)NN2)cc1. The molecular weight excluding hydrogens is 332 g/mol. The van der Waals surface area contributed by atoms with E-state index in [9.17, 15) is 14.9 Å². The Balaban J connectivity index is 1.52. The number of non-ortho nitro benzene ring substituents is 1. The largest absolute Gasteiger partial charge is 0.336 e. The first-order chi connectivity index (χ1) is 12.5. The minimum atomic E-state index is -0.455. The van der Waals surface area contributed by atoms with Crippen molar-refractivity contribution in [2.45, 2.75) is 25.6 Å². The summed E-state index contributed by atoms with van der Waals surface area (Å²) < 4.78 is 0. The number of nitro groups is 1. The molecule has 2 aromatic carbocycles. The summed E-state index contributed by atoms with van der Waals surface area (Å²) in [4.78, 5) is 22.2. The van der Waals surface area contributed by atoms with Crippen LogP contribution in [0.1, 0.15) is 29.2 Å². The predicted octanol–water partition coefficient (Wildman–Crippen LogP) is 2.60. The van der Waals surface area contributed by atoms with Crippen molar-refractivity contribution in [3.8, 4) is 0 Å². The summed E-state index contributed by atoms with van der Waals surface area (Å²) in [5.41, 5.74) is 9.39. The molecule has 1 aliphatic rings. The Kier molecular flexibility index (Phi) is 5.40. The number of carbonyl (C=O) groups excluding carboxylic acids is 1. The van der Waals surface area contributed by atoms with Crippen LogP contribution in [-0.4, -0.2) is 17.0 Å². The minimum absolute atomic E-state index is 0.0231. The van der Waals surface area contributed by atoms with Gasteiger partial charge in [-0.05, 0) is 36.3 Å². The Bertz CT molecular complexity index is 816. The zero-order valence-electron chi connectivity index (χ0n) is 14.3. The molecule has 2 atom stereocenters. The van der Waals surface area contributed by atoms with Gasteiger partial charge in [-0.3, -0.25) is 14.9 Å². The van der Waals surface area contributed by atoms with E-state index in [0.717, 1.165) is 12.0 Å².